The van der Waals surface area contributed by atoms with E-state index in [1.807, 2.05) is 48.3 Å². The summed E-state index contributed by atoms with van der Waals surface area (Å²) >= 11 is 4.94. The monoisotopic (exact) mass is 442 g/mol. The number of halogens is 1. The predicted octanol–water partition coefficient (Wildman–Crippen LogP) is 4.54. The van der Waals surface area contributed by atoms with E-state index >= 15 is 0 Å². The molecule has 138 valence electrons. The summed E-state index contributed by atoms with van der Waals surface area (Å²) in [6, 6.07) is 11.6. The van der Waals surface area contributed by atoms with E-state index < -0.39 is 0 Å². The summed E-state index contributed by atoms with van der Waals surface area (Å²) in [5.41, 5.74) is 2.94. The Labute approximate surface area is 170 Å². The molecule has 1 aliphatic rings. The first-order valence-electron chi connectivity index (χ1n) is 8.82. The molecule has 5 nitrogen and oxygen atoms in total. The minimum atomic E-state index is -0.0931. The van der Waals surface area contributed by atoms with Crippen LogP contribution in [0.25, 0.3) is 0 Å². The molecule has 1 aromatic carbocycles. The first-order valence-corrected chi connectivity index (χ1v) is 10.4. The normalized spacial score (nSPS) is 16.0. The molecule has 0 spiro atoms. The third-order valence-corrected chi connectivity index (χ3v) is 6.28. The highest BCUT2D eigenvalue weighted by atomic mass is 79.9. The van der Waals surface area contributed by atoms with Crippen molar-refractivity contribution in [3.05, 3.63) is 70.1 Å². The number of aromatic nitrogens is 3. The highest BCUT2D eigenvalue weighted by Crippen LogP contribution is 2.32. The molecule has 7 heteroatoms. The molecule has 27 heavy (non-hydrogen) atoms. The zero-order valence-electron chi connectivity index (χ0n) is 14.9. The van der Waals surface area contributed by atoms with E-state index in [1.165, 1.54) is 17.5 Å². The Hall–Kier alpha value is -2.12. The lowest BCUT2D eigenvalue weighted by molar-refractivity contribution is 0.0929. The van der Waals surface area contributed by atoms with Gasteiger partial charge in [0.1, 0.15) is 5.03 Å². The molecule has 2 aromatic heterocycles. The minimum Gasteiger partial charge on any atom is -0.345 e. The quantitative estimate of drug-likeness (QED) is 0.644. The van der Waals surface area contributed by atoms with E-state index in [1.54, 1.807) is 12.3 Å². The largest absolute Gasteiger partial charge is 0.345 e. The molecule has 4 rings (SSSR count). The van der Waals surface area contributed by atoms with E-state index in [-0.39, 0.29) is 11.9 Å². The van der Waals surface area contributed by atoms with Gasteiger partial charge in [0, 0.05) is 33.9 Å². The SMILES string of the molecule is Cn1ncc2c1CCCC2NC(=O)c1cccnc1Sc1ccc(Br)cc1. The number of nitrogens with zero attached hydrogens (tertiary/aromatic N) is 3. The van der Waals surface area contributed by atoms with E-state index in [2.05, 4.69) is 31.3 Å². The van der Waals surface area contributed by atoms with Crippen LogP contribution in [0.1, 0.15) is 40.5 Å². The van der Waals surface area contributed by atoms with Crippen LogP contribution in [0, 0.1) is 0 Å². The molecular formula is C20H19BrN4OS. The lowest BCUT2D eigenvalue weighted by Gasteiger charge is -2.24. The van der Waals surface area contributed by atoms with Crippen LogP contribution >= 0.6 is 27.7 Å². The first-order chi connectivity index (χ1) is 13.1. The predicted molar refractivity (Wildman–Crippen MR) is 109 cm³/mol. The van der Waals surface area contributed by atoms with Gasteiger partial charge in [-0.3, -0.25) is 9.48 Å². The molecule has 0 aliphatic heterocycles. The molecular weight excluding hydrogens is 424 g/mol. The summed E-state index contributed by atoms with van der Waals surface area (Å²) in [7, 11) is 1.96. The van der Waals surface area contributed by atoms with E-state index in [0.29, 0.717) is 10.6 Å². The van der Waals surface area contributed by atoms with Crippen LogP contribution in [0.15, 0.2) is 63.2 Å². The standard InChI is InChI=1S/C20H19BrN4OS/c1-25-18-6-2-5-17(16(18)12-23-25)24-19(26)15-4-3-11-22-20(15)27-14-9-7-13(21)8-10-14/h3-4,7-12,17H,2,5-6H2,1H3,(H,24,26). The van der Waals surface area contributed by atoms with Gasteiger partial charge in [0.15, 0.2) is 0 Å². The highest BCUT2D eigenvalue weighted by molar-refractivity contribution is 9.10. The number of benzene rings is 1. The maximum Gasteiger partial charge on any atom is 0.254 e. The topological polar surface area (TPSA) is 59.8 Å². The van der Waals surface area contributed by atoms with Gasteiger partial charge in [-0.15, -0.1) is 0 Å². The molecule has 3 aromatic rings. The van der Waals surface area contributed by atoms with Gasteiger partial charge in [-0.25, -0.2) is 4.98 Å². The second-order valence-corrected chi connectivity index (χ2v) is 8.48. The van der Waals surface area contributed by atoms with E-state index in [9.17, 15) is 4.79 Å². The molecule has 0 saturated heterocycles. The molecule has 1 N–H and O–H groups in total. The number of hydrogen-bond donors (Lipinski definition) is 1. The summed E-state index contributed by atoms with van der Waals surface area (Å²) in [5.74, 6) is -0.0931. The van der Waals surface area contributed by atoms with Gasteiger partial charge in [-0.1, -0.05) is 27.7 Å². The van der Waals surface area contributed by atoms with Gasteiger partial charge in [-0.2, -0.15) is 5.10 Å². The number of carbonyl (C=O) groups is 1. The summed E-state index contributed by atoms with van der Waals surface area (Å²) < 4.78 is 2.93. The van der Waals surface area contributed by atoms with Gasteiger partial charge in [-0.05, 0) is 55.7 Å². The maximum atomic E-state index is 13.0. The van der Waals surface area contributed by atoms with Gasteiger partial charge in [0.05, 0.1) is 17.8 Å². The van der Waals surface area contributed by atoms with Crippen molar-refractivity contribution in [3.8, 4) is 0 Å². The van der Waals surface area contributed by atoms with Crippen molar-refractivity contribution in [3.63, 3.8) is 0 Å². The Balaban J connectivity index is 1.55. The number of hydrogen-bond acceptors (Lipinski definition) is 4. The minimum absolute atomic E-state index is 0.000636. The van der Waals surface area contributed by atoms with Gasteiger partial charge in [0.2, 0.25) is 0 Å². The van der Waals surface area contributed by atoms with Crippen LogP contribution in [0.5, 0.6) is 0 Å². The number of nitrogens with one attached hydrogen (secondary N) is 1. The Kier molecular flexibility index (Phi) is 5.31. The molecule has 1 amide bonds. The van der Waals surface area contributed by atoms with Crippen molar-refractivity contribution < 1.29 is 4.79 Å². The van der Waals surface area contributed by atoms with Gasteiger partial charge in [0.25, 0.3) is 5.91 Å². The van der Waals surface area contributed by atoms with Crippen LogP contribution in [0.3, 0.4) is 0 Å². The summed E-state index contributed by atoms with van der Waals surface area (Å²) in [6.07, 6.45) is 6.58. The third-order valence-electron chi connectivity index (χ3n) is 4.72. The lowest BCUT2D eigenvalue weighted by Crippen LogP contribution is -2.31. The second-order valence-electron chi connectivity index (χ2n) is 6.50. The fraction of sp³-hybridized carbons (Fsp3) is 0.250. The molecule has 1 atom stereocenters. The van der Waals surface area contributed by atoms with Crippen LogP contribution in [0.2, 0.25) is 0 Å². The zero-order valence-corrected chi connectivity index (χ0v) is 17.3. The molecule has 0 radical (unpaired) electrons. The van der Waals surface area contributed by atoms with E-state index in [4.69, 9.17) is 0 Å². The van der Waals surface area contributed by atoms with Gasteiger partial charge < -0.3 is 5.32 Å². The zero-order chi connectivity index (χ0) is 18.8. The summed E-state index contributed by atoms with van der Waals surface area (Å²) in [6.45, 7) is 0. The average molecular weight is 443 g/mol. The number of pyridine rings is 1. The number of fused-ring (bicyclic) bond motifs is 1. The Morgan fingerprint density at radius 2 is 2.11 bits per heavy atom. The highest BCUT2D eigenvalue weighted by Gasteiger charge is 2.26. The van der Waals surface area contributed by atoms with Crippen LogP contribution in [-0.4, -0.2) is 20.7 Å². The summed E-state index contributed by atoms with van der Waals surface area (Å²) in [5, 5.41) is 8.25. The van der Waals surface area contributed by atoms with Crippen molar-refractivity contribution in [2.75, 3.05) is 0 Å². The summed E-state index contributed by atoms with van der Waals surface area (Å²) in [4.78, 5) is 18.5. The van der Waals surface area contributed by atoms with Crippen LogP contribution < -0.4 is 5.32 Å². The van der Waals surface area contributed by atoms with Crippen molar-refractivity contribution in [1.82, 2.24) is 20.1 Å². The first kappa shape index (κ1) is 18.3. The molecule has 1 unspecified atom stereocenters. The molecule has 0 fully saturated rings. The van der Waals surface area contributed by atoms with Crippen LogP contribution in [-0.2, 0) is 13.5 Å². The number of carbonyl (C=O) groups excluding carboxylic acids is 1. The molecule has 1 aliphatic carbocycles. The maximum absolute atomic E-state index is 13.0. The smallest absolute Gasteiger partial charge is 0.254 e. The van der Waals surface area contributed by atoms with Gasteiger partial charge >= 0.3 is 0 Å². The number of amides is 1. The number of aryl methyl sites for hydroxylation is 1. The van der Waals surface area contributed by atoms with E-state index in [0.717, 1.165) is 34.2 Å². The van der Waals surface area contributed by atoms with Crippen molar-refractivity contribution in [1.29, 1.82) is 0 Å². The fourth-order valence-electron chi connectivity index (χ4n) is 3.35. The Bertz CT molecular complexity index is 970. The Morgan fingerprint density at radius 1 is 1.30 bits per heavy atom. The van der Waals surface area contributed by atoms with Crippen molar-refractivity contribution in [2.45, 2.75) is 35.2 Å². The lowest BCUT2D eigenvalue weighted by atomic mass is 9.93. The Morgan fingerprint density at radius 3 is 2.93 bits per heavy atom. The fourth-order valence-corrected chi connectivity index (χ4v) is 4.50. The van der Waals surface area contributed by atoms with Crippen molar-refractivity contribution >= 4 is 33.6 Å². The van der Waals surface area contributed by atoms with Crippen molar-refractivity contribution in [2.24, 2.45) is 7.05 Å². The molecule has 0 bridgehead atoms. The molecule has 0 saturated carbocycles. The number of rotatable bonds is 4. The second kappa shape index (κ2) is 7.86. The average Bonchev–Trinajstić information content (AvgIpc) is 3.06. The molecule has 2 heterocycles. The third kappa shape index (κ3) is 3.94. The van der Waals surface area contributed by atoms with Crippen LogP contribution in [0.4, 0.5) is 0 Å².